The first-order chi connectivity index (χ1) is 11.1. The van der Waals surface area contributed by atoms with Crippen LogP contribution in [0.2, 0.25) is 5.02 Å². The number of rotatable bonds is 4. The van der Waals surface area contributed by atoms with Gasteiger partial charge in [-0.15, -0.1) is 10.2 Å². The molecule has 1 N–H and O–H groups in total. The highest BCUT2D eigenvalue weighted by Gasteiger charge is 2.10. The molecule has 0 aliphatic rings. The lowest BCUT2D eigenvalue weighted by Crippen LogP contribution is -2.11. The minimum absolute atomic E-state index is 0.272. The van der Waals surface area contributed by atoms with E-state index in [1.54, 1.807) is 36.4 Å². The molecule has 23 heavy (non-hydrogen) atoms. The maximum atomic E-state index is 12.9. The van der Waals surface area contributed by atoms with E-state index in [1.165, 1.54) is 23.5 Å². The van der Waals surface area contributed by atoms with Crippen LogP contribution in [0.4, 0.5) is 9.52 Å². The Hall–Kier alpha value is -2.31. The lowest BCUT2D eigenvalue weighted by atomic mass is 10.2. The topological polar surface area (TPSA) is 54.9 Å². The number of carbonyl (C=O) groups excluding carboxylic acids is 1. The van der Waals surface area contributed by atoms with Gasteiger partial charge in [-0.05, 0) is 42.0 Å². The number of amides is 1. The van der Waals surface area contributed by atoms with E-state index in [0.717, 1.165) is 10.6 Å². The monoisotopic (exact) mass is 347 g/mol. The van der Waals surface area contributed by atoms with Gasteiger partial charge < -0.3 is 0 Å². The average Bonchev–Trinajstić information content (AvgIpc) is 2.97. The molecule has 0 aliphatic carbocycles. The van der Waals surface area contributed by atoms with Gasteiger partial charge in [-0.25, -0.2) is 4.39 Å². The van der Waals surface area contributed by atoms with Crippen LogP contribution in [0, 0.1) is 5.82 Å². The molecule has 0 atom stereocenters. The Labute approximate surface area is 141 Å². The molecule has 1 amide bonds. The van der Waals surface area contributed by atoms with Gasteiger partial charge in [0.2, 0.25) is 5.13 Å². The van der Waals surface area contributed by atoms with Crippen molar-refractivity contribution >= 4 is 34.0 Å². The number of benzene rings is 2. The van der Waals surface area contributed by atoms with Crippen LogP contribution < -0.4 is 5.32 Å². The molecule has 3 aromatic rings. The molecule has 0 fully saturated rings. The summed E-state index contributed by atoms with van der Waals surface area (Å²) >= 11 is 7.08. The van der Waals surface area contributed by atoms with E-state index in [2.05, 4.69) is 15.5 Å². The lowest BCUT2D eigenvalue weighted by molar-refractivity contribution is 0.102. The van der Waals surface area contributed by atoms with E-state index >= 15 is 0 Å². The summed E-state index contributed by atoms with van der Waals surface area (Å²) < 4.78 is 12.9. The molecule has 0 radical (unpaired) electrons. The zero-order valence-corrected chi connectivity index (χ0v) is 13.4. The number of halogens is 2. The molecule has 7 heteroatoms. The van der Waals surface area contributed by atoms with Crippen LogP contribution in [0.1, 0.15) is 20.9 Å². The molecule has 0 saturated heterocycles. The summed E-state index contributed by atoms with van der Waals surface area (Å²) in [6.07, 6.45) is 0.536. The minimum Gasteiger partial charge on any atom is -0.296 e. The molecule has 116 valence electrons. The molecule has 0 saturated carbocycles. The Bertz CT molecular complexity index is 818. The number of hydrogen-bond donors (Lipinski definition) is 1. The summed E-state index contributed by atoms with van der Waals surface area (Å²) in [5.74, 6) is -0.548. The quantitative estimate of drug-likeness (QED) is 0.770. The fraction of sp³-hybridized carbons (Fsp3) is 0.0625. The summed E-state index contributed by atoms with van der Waals surface area (Å²) in [5.41, 5.74) is 1.42. The molecule has 3 rings (SSSR count). The fourth-order valence-electron chi connectivity index (χ4n) is 1.92. The number of carbonyl (C=O) groups is 1. The van der Waals surface area contributed by atoms with Crippen molar-refractivity contribution in [3.8, 4) is 0 Å². The number of anilines is 1. The lowest BCUT2D eigenvalue weighted by Gasteiger charge is -2.00. The third-order valence-corrected chi connectivity index (χ3v) is 4.15. The normalized spacial score (nSPS) is 10.5. The Morgan fingerprint density at radius 1 is 1.09 bits per heavy atom. The van der Waals surface area contributed by atoms with Crippen molar-refractivity contribution in [1.29, 1.82) is 0 Å². The maximum Gasteiger partial charge on any atom is 0.257 e. The Kier molecular flexibility index (Phi) is 4.64. The minimum atomic E-state index is -0.276. The van der Waals surface area contributed by atoms with Crippen LogP contribution in [0.5, 0.6) is 0 Å². The van der Waals surface area contributed by atoms with E-state index in [0.29, 0.717) is 22.1 Å². The van der Waals surface area contributed by atoms with Crippen LogP contribution in [0.15, 0.2) is 48.5 Å². The molecular weight excluding hydrogens is 337 g/mol. The van der Waals surface area contributed by atoms with E-state index < -0.39 is 0 Å². The third kappa shape index (κ3) is 4.12. The van der Waals surface area contributed by atoms with Gasteiger partial charge in [0.25, 0.3) is 5.91 Å². The predicted molar refractivity (Wildman–Crippen MR) is 88.5 cm³/mol. The van der Waals surface area contributed by atoms with Crippen molar-refractivity contribution in [3.05, 3.63) is 75.5 Å². The summed E-state index contributed by atoms with van der Waals surface area (Å²) in [5, 5.41) is 12.4. The molecule has 4 nitrogen and oxygen atoms in total. The highest BCUT2D eigenvalue weighted by atomic mass is 35.5. The Balaban J connectivity index is 1.66. The molecule has 1 heterocycles. The second-order valence-corrected chi connectivity index (χ2v) is 6.26. The smallest absolute Gasteiger partial charge is 0.257 e. The van der Waals surface area contributed by atoms with Gasteiger partial charge in [0.15, 0.2) is 0 Å². The first kappa shape index (κ1) is 15.6. The van der Waals surface area contributed by atoms with Crippen molar-refractivity contribution in [3.63, 3.8) is 0 Å². The van der Waals surface area contributed by atoms with Crippen LogP contribution in [0.3, 0.4) is 0 Å². The maximum absolute atomic E-state index is 12.9. The summed E-state index contributed by atoms with van der Waals surface area (Å²) in [4.78, 5) is 12.1. The zero-order valence-electron chi connectivity index (χ0n) is 11.8. The van der Waals surface area contributed by atoms with Crippen molar-refractivity contribution in [2.75, 3.05) is 5.32 Å². The number of nitrogens with zero attached hydrogens (tertiary/aromatic N) is 2. The van der Waals surface area contributed by atoms with Crippen LogP contribution in [0.25, 0.3) is 0 Å². The molecular formula is C16H11ClFN3OS. The summed E-state index contributed by atoms with van der Waals surface area (Å²) in [6.45, 7) is 0. The van der Waals surface area contributed by atoms with Gasteiger partial charge in [0, 0.05) is 17.0 Å². The van der Waals surface area contributed by atoms with E-state index in [9.17, 15) is 9.18 Å². The van der Waals surface area contributed by atoms with E-state index in [1.807, 2.05) is 0 Å². The average molecular weight is 348 g/mol. The van der Waals surface area contributed by atoms with Gasteiger partial charge in [-0.1, -0.05) is 35.1 Å². The molecule has 0 bridgehead atoms. The van der Waals surface area contributed by atoms with Crippen LogP contribution in [-0.4, -0.2) is 16.1 Å². The summed E-state index contributed by atoms with van der Waals surface area (Å²) in [7, 11) is 0. The molecule has 0 spiro atoms. The molecule has 0 unspecified atom stereocenters. The zero-order chi connectivity index (χ0) is 16.2. The van der Waals surface area contributed by atoms with Crippen molar-refractivity contribution in [2.45, 2.75) is 6.42 Å². The van der Waals surface area contributed by atoms with E-state index in [-0.39, 0.29) is 11.7 Å². The standard InChI is InChI=1S/C16H11ClFN3OS/c17-12-5-3-11(4-6-12)15(22)19-16-21-20-14(23-16)9-10-1-7-13(18)8-2-10/h1-8H,9H2,(H,19,21,22). The van der Waals surface area contributed by atoms with Gasteiger partial charge in [-0.2, -0.15) is 0 Å². The SMILES string of the molecule is O=C(Nc1nnc(Cc2ccc(F)cc2)s1)c1ccc(Cl)cc1. The fourth-order valence-corrected chi connectivity index (χ4v) is 2.82. The van der Waals surface area contributed by atoms with Gasteiger partial charge >= 0.3 is 0 Å². The third-order valence-electron chi connectivity index (χ3n) is 3.06. The predicted octanol–water partition coefficient (Wildman–Crippen LogP) is 4.17. The summed E-state index contributed by atoms with van der Waals surface area (Å²) in [6, 6.07) is 12.8. The van der Waals surface area contributed by atoms with E-state index in [4.69, 9.17) is 11.6 Å². The van der Waals surface area contributed by atoms with Crippen LogP contribution >= 0.6 is 22.9 Å². The van der Waals surface area contributed by atoms with Crippen molar-refractivity contribution in [1.82, 2.24) is 10.2 Å². The first-order valence-electron chi connectivity index (χ1n) is 6.74. The largest absolute Gasteiger partial charge is 0.296 e. The first-order valence-corrected chi connectivity index (χ1v) is 7.93. The highest BCUT2D eigenvalue weighted by Crippen LogP contribution is 2.20. The van der Waals surface area contributed by atoms with Gasteiger partial charge in [-0.3, -0.25) is 10.1 Å². The van der Waals surface area contributed by atoms with Gasteiger partial charge in [0.1, 0.15) is 10.8 Å². The second kappa shape index (κ2) is 6.85. The highest BCUT2D eigenvalue weighted by molar-refractivity contribution is 7.15. The Morgan fingerprint density at radius 3 is 2.48 bits per heavy atom. The number of hydrogen-bond acceptors (Lipinski definition) is 4. The number of aromatic nitrogens is 2. The molecule has 2 aromatic carbocycles. The Morgan fingerprint density at radius 2 is 1.78 bits per heavy atom. The van der Waals surface area contributed by atoms with Crippen molar-refractivity contribution in [2.24, 2.45) is 0 Å². The molecule has 1 aromatic heterocycles. The van der Waals surface area contributed by atoms with Crippen molar-refractivity contribution < 1.29 is 9.18 Å². The van der Waals surface area contributed by atoms with Crippen LogP contribution in [-0.2, 0) is 6.42 Å². The van der Waals surface area contributed by atoms with Gasteiger partial charge in [0.05, 0.1) is 0 Å². The molecule has 0 aliphatic heterocycles. The number of nitrogens with one attached hydrogen (secondary N) is 1. The second-order valence-electron chi connectivity index (χ2n) is 4.77.